The van der Waals surface area contributed by atoms with Crippen molar-refractivity contribution >= 4 is 11.5 Å². The molecule has 0 aliphatic carbocycles. The van der Waals surface area contributed by atoms with Crippen molar-refractivity contribution in [3.05, 3.63) is 23.6 Å². The quantitative estimate of drug-likeness (QED) is 0.622. The second-order valence-electron chi connectivity index (χ2n) is 1.83. The van der Waals surface area contributed by atoms with Gasteiger partial charge in [0.05, 0.1) is 7.11 Å². The van der Waals surface area contributed by atoms with Gasteiger partial charge in [-0.3, -0.25) is 0 Å². The number of rotatable bonds is 3. The molecule has 3 heteroatoms. The Balaban J connectivity index is 2.67. The molecule has 0 saturated carbocycles. The van der Waals surface area contributed by atoms with Crippen LogP contribution in [0.25, 0.3) is 0 Å². The number of hydrogen-bond donors (Lipinski definition) is 0. The van der Waals surface area contributed by atoms with Crippen LogP contribution >= 0.6 is 11.5 Å². The average molecular weight is 155 g/mol. The molecule has 1 rings (SSSR count). The zero-order valence-electron chi connectivity index (χ0n) is 5.83. The van der Waals surface area contributed by atoms with Gasteiger partial charge in [0, 0.05) is 17.4 Å². The largest absolute Gasteiger partial charge is 0.480 e. The van der Waals surface area contributed by atoms with Crippen molar-refractivity contribution in [2.45, 2.75) is 6.42 Å². The highest BCUT2D eigenvalue weighted by Crippen LogP contribution is 2.16. The summed E-state index contributed by atoms with van der Waals surface area (Å²) < 4.78 is 8.93. The predicted molar refractivity (Wildman–Crippen MR) is 42.6 cm³/mol. The summed E-state index contributed by atoms with van der Waals surface area (Å²) in [5.74, 6) is 0.696. The molecule has 0 spiro atoms. The maximum atomic E-state index is 4.91. The zero-order chi connectivity index (χ0) is 7.40. The first-order valence-corrected chi connectivity index (χ1v) is 3.74. The molecule has 1 heterocycles. The van der Waals surface area contributed by atoms with E-state index in [1.54, 1.807) is 7.11 Å². The molecule has 10 heavy (non-hydrogen) atoms. The van der Waals surface area contributed by atoms with Crippen LogP contribution in [-0.4, -0.2) is 11.5 Å². The lowest BCUT2D eigenvalue weighted by Gasteiger charge is -1.86. The lowest BCUT2D eigenvalue weighted by atomic mass is 10.3. The highest BCUT2D eigenvalue weighted by molar-refractivity contribution is 7.05. The van der Waals surface area contributed by atoms with Crippen molar-refractivity contribution in [2.75, 3.05) is 7.11 Å². The molecule has 0 aromatic carbocycles. The van der Waals surface area contributed by atoms with Crippen molar-refractivity contribution in [1.29, 1.82) is 0 Å². The van der Waals surface area contributed by atoms with E-state index in [0.717, 1.165) is 6.42 Å². The maximum Gasteiger partial charge on any atom is 0.225 e. The minimum absolute atomic E-state index is 0.696. The van der Waals surface area contributed by atoms with Crippen molar-refractivity contribution in [3.8, 4) is 5.88 Å². The van der Waals surface area contributed by atoms with Gasteiger partial charge in [-0.15, -0.1) is 6.58 Å². The van der Waals surface area contributed by atoms with Gasteiger partial charge in [-0.05, 0) is 11.5 Å². The Morgan fingerprint density at radius 2 is 2.70 bits per heavy atom. The van der Waals surface area contributed by atoms with E-state index in [-0.39, 0.29) is 0 Å². The lowest BCUT2D eigenvalue weighted by Crippen LogP contribution is -1.79. The van der Waals surface area contributed by atoms with Crippen LogP contribution in [0.4, 0.5) is 0 Å². The summed E-state index contributed by atoms with van der Waals surface area (Å²) in [7, 11) is 1.62. The molecule has 0 radical (unpaired) electrons. The Morgan fingerprint density at radius 1 is 1.90 bits per heavy atom. The van der Waals surface area contributed by atoms with Gasteiger partial charge in [0.15, 0.2) is 0 Å². The summed E-state index contributed by atoms with van der Waals surface area (Å²) >= 11 is 1.45. The number of aromatic nitrogens is 1. The van der Waals surface area contributed by atoms with E-state index in [1.165, 1.54) is 16.4 Å². The fourth-order valence-electron chi connectivity index (χ4n) is 0.629. The Bertz CT molecular complexity index is 219. The van der Waals surface area contributed by atoms with E-state index in [9.17, 15) is 0 Å². The number of methoxy groups -OCH3 is 1. The van der Waals surface area contributed by atoms with E-state index in [1.807, 2.05) is 12.1 Å². The van der Waals surface area contributed by atoms with Crippen LogP contribution in [-0.2, 0) is 6.42 Å². The van der Waals surface area contributed by atoms with Crippen molar-refractivity contribution in [3.63, 3.8) is 0 Å². The van der Waals surface area contributed by atoms with Gasteiger partial charge < -0.3 is 4.74 Å². The van der Waals surface area contributed by atoms with Crippen molar-refractivity contribution < 1.29 is 4.74 Å². The molecule has 54 valence electrons. The highest BCUT2D eigenvalue weighted by atomic mass is 32.1. The van der Waals surface area contributed by atoms with Gasteiger partial charge in [0.25, 0.3) is 0 Å². The van der Waals surface area contributed by atoms with E-state index in [0.29, 0.717) is 5.88 Å². The molecule has 1 aromatic rings. The second-order valence-corrected chi connectivity index (χ2v) is 2.72. The van der Waals surface area contributed by atoms with Crippen LogP contribution in [0.15, 0.2) is 18.7 Å². The molecular weight excluding hydrogens is 146 g/mol. The normalized spacial score (nSPS) is 9.30. The van der Waals surface area contributed by atoms with E-state index >= 15 is 0 Å². The first-order chi connectivity index (χ1) is 4.86. The van der Waals surface area contributed by atoms with Gasteiger partial charge in [-0.1, -0.05) is 6.08 Å². The highest BCUT2D eigenvalue weighted by Gasteiger charge is 1.97. The van der Waals surface area contributed by atoms with Crippen LogP contribution in [0, 0.1) is 0 Å². The summed E-state index contributed by atoms with van der Waals surface area (Å²) in [6.45, 7) is 3.63. The van der Waals surface area contributed by atoms with Crippen LogP contribution in [0.3, 0.4) is 0 Å². The smallest absolute Gasteiger partial charge is 0.225 e. The van der Waals surface area contributed by atoms with Gasteiger partial charge in [-0.25, -0.2) is 0 Å². The standard InChI is InChI=1S/C7H9NOS/c1-3-4-6-5-7(9-2)8-10-6/h3,5H,1,4H2,2H3. The minimum atomic E-state index is 0.696. The molecule has 0 atom stereocenters. The maximum absolute atomic E-state index is 4.91. The predicted octanol–water partition coefficient (Wildman–Crippen LogP) is 1.88. The summed E-state index contributed by atoms with van der Waals surface area (Å²) in [5, 5.41) is 0. The molecule has 0 saturated heterocycles. The van der Waals surface area contributed by atoms with E-state index in [2.05, 4.69) is 11.0 Å². The van der Waals surface area contributed by atoms with Crippen LogP contribution in [0.5, 0.6) is 5.88 Å². The Kier molecular flexibility index (Phi) is 2.45. The van der Waals surface area contributed by atoms with E-state index in [4.69, 9.17) is 4.74 Å². The molecule has 2 nitrogen and oxygen atoms in total. The average Bonchev–Trinajstić information content (AvgIpc) is 2.37. The molecule has 0 fully saturated rings. The summed E-state index contributed by atoms with van der Waals surface area (Å²) in [6, 6.07) is 1.92. The summed E-state index contributed by atoms with van der Waals surface area (Å²) in [5.41, 5.74) is 0. The third-order valence-corrected chi connectivity index (χ3v) is 1.88. The number of nitrogens with zero attached hydrogens (tertiary/aromatic N) is 1. The third-order valence-electron chi connectivity index (χ3n) is 1.09. The zero-order valence-corrected chi connectivity index (χ0v) is 6.65. The number of ether oxygens (including phenoxy) is 1. The molecule has 0 aliphatic heterocycles. The van der Waals surface area contributed by atoms with E-state index < -0.39 is 0 Å². The fraction of sp³-hybridized carbons (Fsp3) is 0.286. The van der Waals surface area contributed by atoms with Crippen molar-refractivity contribution in [2.24, 2.45) is 0 Å². The third kappa shape index (κ3) is 1.57. The molecule has 0 N–H and O–H groups in total. The van der Waals surface area contributed by atoms with Gasteiger partial charge >= 0.3 is 0 Å². The van der Waals surface area contributed by atoms with Crippen LogP contribution in [0.1, 0.15) is 4.88 Å². The minimum Gasteiger partial charge on any atom is -0.480 e. The lowest BCUT2D eigenvalue weighted by molar-refractivity contribution is 0.402. The SMILES string of the molecule is C=CCc1cc(OC)ns1. The Morgan fingerprint density at radius 3 is 3.20 bits per heavy atom. The second kappa shape index (κ2) is 3.37. The number of hydrogen-bond acceptors (Lipinski definition) is 3. The molecule has 0 bridgehead atoms. The van der Waals surface area contributed by atoms with Gasteiger partial charge in [-0.2, -0.15) is 4.37 Å². The van der Waals surface area contributed by atoms with Gasteiger partial charge in [0.2, 0.25) is 5.88 Å². The van der Waals surface area contributed by atoms with Gasteiger partial charge in [0.1, 0.15) is 0 Å². The fourth-order valence-corrected chi connectivity index (χ4v) is 1.31. The first kappa shape index (κ1) is 7.28. The molecule has 0 aliphatic rings. The summed E-state index contributed by atoms with van der Waals surface area (Å²) in [4.78, 5) is 1.19. The monoisotopic (exact) mass is 155 g/mol. The summed E-state index contributed by atoms with van der Waals surface area (Å²) in [6.07, 6.45) is 2.73. The molecule has 0 amide bonds. The Hall–Kier alpha value is -0.830. The first-order valence-electron chi connectivity index (χ1n) is 2.97. The van der Waals surface area contributed by atoms with Crippen LogP contribution < -0.4 is 4.74 Å². The molecular formula is C7H9NOS. The van der Waals surface area contributed by atoms with Crippen LogP contribution in [0.2, 0.25) is 0 Å². The molecule has 1 aromatic heterocycles. The Labute approximate surface area is 64.3 Å². The number of allylic oxidation sites excluding steroid dienone is 1. The topological polar surface area (TPSA) is 22.1 Å². The van der Waals surface area contributed by atoms with Crippen molar-refractivity contribution in [1.82, 2.24) is 4.37 Å². The molecule has 0 unspecified atom stereocenters.